The number of nitrogens with one attached hydrogen (secondary N) is 1. The first-order valence-electron chi connectivity index (χ1n) is 3.48. The summed E-state index contributed by atoms with van der Waals surface area (Å²) in [5.74, 6) is 0.289. The van der Waals surface area contributed by atoms with Crippen molar-refractivity contribution in [2.24, 2.45) is 0 Å². The summed E-state index contributed by atoms with van der Waals surface area (Å²) in [7, 11) is 1.51. The molecule has 70 valence electrons. The Balaban J connectivity index is 2.64. The second-order valence-corrected chi connectivity index (χ2v) is 2.40. The van der Waals surface area contributed by atoms with Crippen LogP contribution in [0.4, 0.5) is 5.95 Å². The first kappa shape index (κ1) is 9.73. The molecule has 1 amide bonds. The van der Waals surface area contributed by atoms with E-state index in [9.17, 15) is 4.79 Å². The number of anilines is 1. The van der Waals surface area contributed by atoms with Gasteiger partial charge in [0.05, 0.1) is 19.5 Å². The Bertz CT molecular complexity index is 288. The molecule has 0 saturated carbocycles. The van der Waals surface area contributed by atoms with Crippen LogP contribution in [-0.2, 0) is 4.79 Å². The fraction of sp³-hybridized carbons (Fsp3) is 0.286. The van der Waals surface area contributed by atoms with E-state index < -0.39 is 0 Å². The van der Waals surface area contributed by atoms with E-state index in [-0.39, 0.29) is 17.7 Å². The van der Waals surface area contributed by atoms with Crippen LogP contribution in [0.15, 0.2) is 12.4 Å². The Morgan fingerprint density at radius 3 is 2.69 bits per heavy atom. The topological polar surface area (TPSA) is 64.1 Å². The van der Waals surface area contributed by atoms with E-state index in [0.717, 1.165) is 0 Å². The van der Waals surface area contributed by atoms with Crippen LogP contribution in [0, 0.1) is 0 Å². The molecule has 0 aromatic carbocycles. The van der Waals surface area contributed by atoms with Crippen molar-refractivity contribution < 1.29 is 9.53 Å². The fourth-order valence-electron chi connectivity index (χ4n) is 0.644. The molecule has 1 aromatic rings. The number of alkyl halides is 1. The zero-order valence-corrected chi connectivity index (χ0v) is 7.71. The van der Waals surface area contributed by atoms with E-state index in [4.69, 9.17) is 16.3 Å². The van der Waals surface area contributed by atoms with Crippen LogP contribution in [0.2, 0.25) is 0 Å². The molecule has 0 unspecified atom stereocenters. The van der Waals surface area contributed by atoms with Crippen LogP contribution in [0.3, 0.4) is 0 Å². The van der Waals surface area contributed by atoms with E-state index in [1.165, 1.54) is 19.5 Å². The van der Waals surface area contributed by atoms with Crippen LogP contribution in [0.5, 0.6) is 5.75 Å². The molecule has 1 heterocycles. The normalized spacial score (nSPS) is 9.38. The van der Waals surface area contributed by atoms with Gasteiger partial charge in [-0.15, -0.1) is 11.6 Å². The Hall–Kier alpha value is -1.36. The average Bonchev–Trinajstić information content (AvgIpc) is 2.19. The quantitative estimate of drug-likeness (QED) is 0.730. The number of halogens is 1. The van der Waals surface area contributed by atoms with Gasteiger partial charge >= 0.3 is 0 Å². The third-order valence-corrected chi connectivity index (χ3v) is 1.48. The number of carbonyl (C=O) groups is 1. The maximum atomic E-state index is 10.8. The maximum Gasteiger partial charge on any atom is 0.241 e. The van der Waals surface area contributed by atoms with Crippen molar-refractivity contribution in [3.8, 4) is 5.75 Å². The number of hydrogen-bond acceptors (Lipinski definition) is 4. The van der Waals surface area contributed by atoms with Crippen molar-refractivity contribution in [2.75, 3.05) is 18.3 Å². The first-order valence-corrected chi connectivity index (χ1v) is 4.01. The Labute approximate surface area is 80.1 Å². The van der Waals surface area contributed by atoms with Crippen LogP contribution < -0.4 is 10.1 Å². The van der Waals surface area contributed by atoms with Gasteiger partial charge in [0.25, 0.3) is 0 Å². The second-order valence-electron chi connectivity index (χ2n) is 2.13. The monoisotopic (exact) mass is 201 g/mol. The van der Waals surface area contributed by atoms with Crippen molar-refractivity contribution in [1.29, 1.82) is 0 Å². The highest BCUT2D eigenvalue weighted by atomic mass is 35.5. The van der Waals surface area contributed by atoms with Gasteiger partial charge in [0.1, 0.15) is 5.88 Å². The summed E-state index contributed by atoms with van der Waals surface area (Å²) >= 11 is 5.27. The number of hydrogen-bond donors (Lipinski definition) is 1. The van der Waals surface area contributed by atoms with E-state index in [0.29, 0.717) is 5.75 Å². The number of rotatable bonds is 3. The molecule has 0 aliphatic carbocycles. The predicted molar refractivity (Wildman–Crippen MR) is 47.9 cm³/mol. The van der Waals surface area contributed by atoms with E-state index >= 15 is 0 Å². The molecule has 0 radical (unpaired) electrons. The van der Waals surface area contributed by atoms with Gasteiger partial charge in [0.15, 0.2) is 5.75 Å². The molecule has 1 rings (SSSR count). The molecule has 6 heteroatoms. The van der Waals surface area contributed by atoms with Crippen LogP contribution in [0.25, 0.3) is 0 Å². The van der Waals surface area contributed by atoms with Crippen molar-refractivity contribution in [2.45, 2.75) is 0 Å². The largest absolute Gasteiger partial charge is 0.494 e. The number of nitrogens with zero attached hydrogens (tertiary/aromatic N) is 2. The lowest BCUT2D eigenvalue weighted by Gasteiger charge is -2.01. The summed E-state index contributed by atoms with van der Waals surface area (Å²) in [4.78, 5) is 18.4. The second kappa shape index (κ2) is 4.61. The molecule has 5 nitrogen and oxygen atoms in total. The molecule has 0 saturated heterocycles. The van der Waals surface area contributed by atoms with E-state index in [2.05, 4.69) is 15.3 Å². The molecule has 1 N–H and O–H groups in total. The number of carbonyl (C=O) groups excluding carboxylic acids is 1. The zero-order valence-electron chi connectivity index (χ0n) is 6.95. The first-order chi connectivity index (χ1) is 6.26. The minimum absolute atomic E-state index is 0.116. The molecule has 0 spiro atoms. The Morgan fingerprint density at radius 1 is 1.62 bits per heavy atom. The lowest BCUT2D eigenvalue weighted by atomic mass is 10.6. The van der Waals surface area contributed by atoms with Crippen molar-refractivity contribution in [1.82, 2.24) is 9.97 Å². The van der Waals surface area contributed by atoms with Gasteiger partial charge in [-0.2, -0.15) is 0 Å². The minimum Gasteiger partial charge on any atom is -0.494 e. The number of ether oxygens (including phenoxy) is 1. The van der Waals surface area contributed by atoms with Crippen molar-refractivity contribution >= 4 is 23.5 Å². The molecule has 0 bridgehead atoms. The van der Waals surface area contributed by atoms with Gasteiger partial charge in [-0.3, -0.25) is 10.1 Å². The van der Waals surface area contributed by atoms with E-state index in [1.807, 2.05) is 0 Å². The summed E-state index contributed by atoms with van der Waals surface area (Å²) in [6.07, 6.45) is 2.91. The number of methoxy groups -OCH3 is 1. The lowest BCUT2D eigenvalue weighted by molar-refractivity contribution is -0.114. The van der Waals surface area contributed by atoms with Crippen molar-refractivity contribution in [3.05, 3.63) is 12.4 Å². The number of aromatic nitrogens is 2. The molecule has 0 aliphatic heterocycles. The van der Waals surface area contributed by atoms with Gasteiger partial charge in [-0.05, 0) is 0 Å². The summed E-state index contributed by atoms with van der Waals surface area (Å²) in [6, 6.07) is 0. The van der Waals surface area contributed by atoms with Gasteiger partial charge in [0, 0.05) is 0 Å². The van der Waals surface area contributed by atoms with Gasteiger partial charge in [-0.25, -0.2) is 9.97 Å². The van der Waals surface area contributed by atoms with Gasteiger partial charge < -0.3 is 4.74 Å². The molecule has 0 atom stereocenters. The smallest absolute Gasteiger partial charge is 0.241 e. The van der Waals surface area contributed by atoms with Crippen LogP contribution in [-0.4, -0.2) is 28.9 Å². The summed E-state index contributed by atoms with van der Waals surface area (Å²) in [6.45, 7) is 0. The highest BCUT2D eigenvalue weighted by Crippen LogP contribution is 2.06. The molecule has 13 heavy (non-hydrogen) atoms. The molecule has 0 aliphatic rings. The fourth-order valence-corrected chi connectivity index (χ4v) is 0.711. The summed E-state index contributed by atoms with van der Waals surface area (Å²) < 4.78 is 4.84. The average molecular weight is 202 g/mol. The van der Waals surface area contributed by atoms with Crippen molar-refractivity contribution in [3.63, 3.8) is 0 Å². The third kappa shape index (κ3) is 2.87. The molecule has 0 fully saturated rings. The lowest BCUT2D eigenvalue weighted by Crippen LogP contribution is -2.14. The maximum absolute atomic E-state index is 10.8. The highest BCUT2D eigenvalue weighted by Gasteiger charge is 2.01. The number of amides is 1. The predicted octanol–water partition coefficient (Wildman–Crippen LogP) is 0.662. The van der Waals surface area contributed by atoms with E-state index in [1.54, 1.807) is 0 Å². The Kier molecular flexibility index (Phi) is 3.45. The zero-order chi connectivity index (χ0) is 9.68. The minimum atomic E-state index is -0.341. The highest BCUT2D eigenvalue weighted by molar-refractivity contribution is 6.28. The van der Waals surface area contributed by atoms with Gasteiger partial charge in [0.2, 0.25) is 11.9 Å². The van der Waals surface area contributed by atoms with Crippen LogP contribution in [0.1, 0.15) is 0 Å². The molecule has 1 aromatic heterocycles. The SMILES string of the molecule is COc1cnc(NC(=O)CCl)nc1. The summed E-state index contributed by atoms with van der Waals surface area (Å²) in [5.41, 5.74) is 0. The van der Waals surface area contributed by atoms with Gasteiger partial charge in [-0.1, -0.05) is 0 Å². The molecular formula is C7H8ClN3O2. The third-order valence-electron chi connectivity index (χ3n) is 1.24. The Morgan fingerprint density at radius 2 is 2.23 bits per heavy atom. The van der Waals surface area contributed by atoms with Crippen LogP contribution >= 0.6 is 11.6 Å². The standard InChI is InChI=1S/C7H8ClN3O2/c1-13-5-3-9-7(10-4-5)11-6(12)2-8/h3-4H,2H2,1H3,(H,9,10,11,12). The summed E-state index contributed by atoms with van der Waals surface area (Å²) in [5, 5.41) is 2.39. The molecular weight excluding hydrogens is 194 g/mol.